The van der Waals surface area contributed by atoms with Crippen molar-refractivity contribution in [1.29, 1.82) is 0 Å². The van der Waals surface area contributed by atoms with E-state index in [1.165, 1.54) is 4.90 Å². The van der Waals surface area contributed by atoms with Crippen LogP contribution >= 0.6 is 0 Å². The summed E-state index contributed by atoms with van der Waals surface area (Å²) in [5.41, 5.74) is 0.314. The molecule has 0 unspecified atom stereocenters. The molecule has 25 heavy (non-hydrogen) atoms. The Hall–Kier alpha value is -2.28. The summed E-state index contributed by atoms with van der Waals surface area (Å²) in [5, 5.41) is 12.7. The second kappa shape index (κ2) is 8.20. The lowest BCUT2D eigenvalue weighted by Crippen LogP contribution is -2.36. The topological polar surface area (TPSA) is 88.1 Å². The molecular weight excluding hydrogens is 324 g/mol. The maximum absolute atomic E-state index is 12.0. The van der Waals surface area contributed by atoms with E-state index in [2.05, 4.69) is 5.32 Å². The third-order valence-electron chi connectivity index (χ3n) is 3.78. The molecule has 7 nitrogen and oxygen atoms in total. The fourth-order valence-electron chi connectivity index (χ4n) is 2.52. The number of nitrogens with one attached hydrogen (secondary N) is 1. The number of hydrogen-bond donors (Lipinski definition) is 2. The van der Waals surface area contributed by atoms with Crippen LogP contribution in [0.25, 0.3) is 0 Å². The number of alkyl carbamates (subject to hydrolysis) is 1. The summed E-state index contributed by atoms with van der Waals surface area (Å²) >= 11 is 0. The minimum absolute atomic E-state index is 0.184. The molecule has 0 radical (unpaired) electrons. The smallest absolute Gasteiger partial charge is 0.410 e. The van der Waals surface area contributed by atoms with Crippen LogP contribution in [0.5, 0.6) is 0 Å². The molecule has 7 heteroatoms. The number of hydrogen-bond acceptors (Lipinski definition) is 5. The van der Waals surface area contributed by atoms with Gasteiger partial charge in [-0.05, 0) is 26.3 Å². The minimum Gasteiger partial charge on any atom is -0.445 e. The van der Waals surface area contributed by atoms with Gasteiger partial charge < -0.3 is 24.8 Å². The normalized spacial score (nSPS) is 20.2. The van der Waals surface area contributed by atoms with Crippen LogP contribution in [0.4, 0.5) is 9.59 Å². The molecule has 138 valence electrons. The lowest BCUT2D eigenvalue weighted by molar-refractivity contribution is 0.0270. The number of carbonyl (C=O) groups excluding carboxylic acids is 2. The molecule has 1 fully saturated rings. The number of rotatable bonds is 4. The van der Waals surface area contributed by atoms with Gasteiger partial charge in [-0.1, -0.05) is 30.3 Å². The molecule has 0 aliphatic carbocycles. The molecule has 0 spiro atoms. The Bertz CT molecular complexity index is 585. The zero-order valence-corrected chi connectivity index (χ0v) is 14.9. The van der Waals surface area contributed by atoms with E-state index in [1.54, 1.807) is 20.8 Å². The summed E-state index contributed by atoms with van der Waals surface area (Å²) in [6, 6.07) is 9.37. The Morgan fingerprint density at radius 2 is 1.92 bits per heavy atom. The van der Waals surface area contributed by atoms with Crippen molar-refractivity contribution in [2.45, 2.75) is 39.1 Å². The van der Waals surface area contributed by atoms with Crippen molar-refractivity contribution in [3.8, 4) is 0 Å². The predicted molar refractivity (Wildman–Crippen MR) is 91.9 cm³/mol. The van der Waals surface area contributed by atoms with Crippen molar-refractivity contribution in [1.82, 2.24) is 10.2 Å². The standard InChI is InChI=1S/C18H26N2O5/c1-18(2,3)25-17(23)20-10-14(15(21)11-20)9-19-16(22)24-12-13-7-5-4-6-8-13/h4-8,14-15,21H,9-12H2,1-3H3,(H,19,22)/t14-,15-/m1/s1. The van der Waals surface area contributed by atoms with Gasteiger partial charge in [-0.3, -0.25) is 0 Å². The van der Waals surface area contributed by atoms with E-state index >= 15 is 0 Å². The minimum atomic E-state index is -0.707. The summed E-state index contributed by atoms with van der Waals surface area (Å²) in [6.45, 7) is 6.31. The van der Waals surface area contributed by atoms with Gasteiger partial charge in [0.2, 0.25) is 0 Å². The summed E-state index contributed by atoms with van der Waals surface area (Å²) in [7, 11) is 0. The van der Waals surface area contributed by atoms with Crippen molar-refractivity contribution >= 4 is 12.2 Å². The largest absolute Gasteiger partial charge is 0.445 e. The van der Waals surface area contributed by atoms with Gasteiger partial charge in [-0.25, -0.2) is 9.59 Å². The number of benzene rings is 1. The van der Waals surface area contributed by atoms with E-state index in [0.717, 1.165) is 5.56 Å². The van der Waals surface area contributed by atoms with E-state index in [4.69, 9.17) is 9.47 Å². The van der Waals surface area contributed by atoms with Crippen LogP contribution in [-0.2, 0) is 16.1 Å². The first-order valence-corrected chi connectivity index (χ1v) is 8.35. The number of aliphatic hydroxyl groups is 1. The van der Waals surface area contributed by atoms with Crippen LogP contribution in [-0.4, -0.2) is 53.5 Å². The van der Waals surface area contributed by atoms with Gasteiger partial charge in [0.15, 0.2) is 0 Å². The zero-order valence-electron chi connectivity index (χ0n) is 14.9. The lowest BCUT2D eigenvalue weighted by atomic mass is 10.1. The van der Waals surface area contributed by atoms with E-state index in [-0.39, 0.29) is 25.6 Å². The van der Waals surface area contributed by atoms with Crippen molar-refractivity contribution < 1.29 is 24.2 Å². The number of carbonyl (C=O) groups is 2. The van der Waals surface area contributed by atoms with Gasteiger partial charge in [0.05, 0.1) is 12.6 Å². The maximum Gasteiger partial charge on any atom is 0.410 e. The molecule has 1 saturated heterocycles. The third kappa shape index (κ3) is 6.26. The van der Waals surface area contributed by atoms with E-state index in [0.29, 0.717) is 6.54 Å². The predicted octanol–water partition coefficient (Wildman–Crippen LogP) is 2.14. The van der Waals surface area contributed by atoms with Gasteiger partial charge in [0.25, 0.3) is 0 Å². The highest BCUT2D eigenvalue weighted by molar-refractivity contribution is 5.69. The molecule has 1 aliphatic heterocycles. The molecule has 0 aromatic heterocycles. The van der Waals surface area contributed by atoms with Crippen molar-refractivity contribution in [2.75, 3.05) is 19.6 Å². The summed E-state index contributed by atoms with van der Waals surface area (Å²) < 4.78 is 10.4. The average Bonchev–Trinajstić information content (AvgIpc) is 2.91. The summed E-state index contributed by atoms with van der Waals surface area (Å²) in [5.74, 6) is -0.253. The second-order valence-corrected chi connectivity index (χ2v) is 7.16. The molecule has 1 aromatic carbocycles. The molecule has 2 atom stereocenters. The van der Waals surface area contributed by atoms with Crippen molar-refractivity contribution in [2.24, 2.45) is 5.92 Å². The third-order valence-corrected chi connectivity index (χ3v) is 3.78. The lowest BCUT2D eigenvalue weighted by Gasteiger charge is -2.24. The Morgan fingerprint density at radius 3 is 2.56 bits per heavy atom. The molecule has 1 aliphatic rings. The second-order valence-electron chi connectivity index (χ2n) is 7.16. The van der Waals surface area contributed by atoms with Gasteiger partial charge in [-0.2, -0.15) is 0 Å². The van der Waals surface area contributed by atoms with Crippen LogP contribution in [0.1, 0.15) is 26.3 Å². The zero-order chi connectivity index (χ0) is 18.4. The van der Waals surface area contributed by atoms with Crippen LogP contribution < -0.4 is 5.32 Å². The Balaban J connectivity index is 1.73. The molecule has 2 N–H and O–H groups in total. The van der Waals surface area contributed by atoms with Gasteiger partial charge in [-0.15, -0.1) is 0 Å². The van der Waals surface area contributed by atoms with Crippen LogP contribution in [0.3, 0.4) is 0 Å². The van der Waals surface area contributed by atoms with E-state index < -0.39 is 23.9 Å². The fraction of sp³-hybridized carbons (Fsp3) is 0.556. The molecule has 2 amide bonds. The van der Waals surface area contributed by atoms with Gasteiger partial charge in [0, 0.05) is 19.0 Å². The number of likely N-dealkylation sites (tertiary alicyclic amines) is 1. The average molecular weight is 350 g/mol. The highest BCUT2D eigenvalue weighted by Crippen LogP contribution is 2.19. The van der Waals surface area contributed by atoms with E-state index in [1.807, 2.05) is 30.3 Å². The highest BCUT2D eigenvalue weighted by Gasteiger charge is 2.36. The Labute approximate surface area is 147 Å². The van der Waals surface area contributed by atoms with Crippen LogP contribution in [0.2, 0.25) is 0 Å². The fourth-order valence-corrected chi connectivity index (χ4v) is 2.52. The summed E-state index contributed by atoms with van der Waals surface area (Å²) in [4.78, 5) is 25.2. The van der Waals surface area contributed by atoms with Crippen molar-refractivity contribution in [3.63, 3.8) is 0 Å². The van der Waals surface area contributed by atoms with Crippen LogP contribution in [0.15, 0.2) is 30.3 Å². The Morgan fingerprint density at radius 1 is 1.24 bits per heavy atom. The summed E-state index contributed by atoms with van der Waals surface area (Å²) in [6.07, 6.45) is -1.71. The van der Waals surface area contributed by atoms with Crippen molar-refractivity contribution in [3.05, 3.63) is 35.9 Å². The number of amides is 2. The number of aliphatic hydroxyl groups excluding tert-OH is 1. The first kappa shape index (κ1) is 19.1. The molecule has 1 heterocycles. The van der Waals surface area contributed by atoms with E-state index in [9.17, 15) is 14.7 Å². The van der Waals surface area contributed by atoms with Gasteiger partial charge in [0.1, 0.15) is 12.2 Å². The molecule has 0 bridgehead atoms. The number of ether oxygens (including phenoxy) is 2. The number of β-amino-alcohol motifs (C(OH)–C–C–N with tert-alkyl or cyclic N) is 1. The quantitative estimate of drug-likeness (QED) is 0.869. The maximum atomic E-state index is 12.0. The SMILES string of the molecule is CC(C)(C)OC(=O)N1C[C@@H](CNC(=O)OCc2ccccc2)[C@H](O)C1. The van der Waals surface area contributed by atoms with Crippen LogP contribution in [0, 0.1) is 5.92 Å². The number of nitrogens with zero attached hydrogens (tertiary/aromatic N) is 1. The Kier molecular flexibility index (Phi) is 6.25. The first-order valence-electron chi connectivity index (χ1n) is 8.35. The molecule has 0 saturated carbocycles. The monoisotopic (exact) mass is 350 g/mol. The molecular formula is C18H26N2O5. The first-order chi connectivity index (χ1) is 11.7. The molecule has 1 aromatic rings. The highest BCUT2D eigenvalue weighted by atomic mass is 16.6. The van der Waals surface area contributed by atoms with Gasteiger partial charge >= 0.3 is 12.2 Å². The molecule has 2 rings (SSSR count).